The summed E-state index contributed by atoms with van der Waals surface area (Å²) in [5, 5.41) is 5.78. The Labute approximate surface area is 203 Å². The Morgan fingerprint density at radius 2 is 1.60 bits per heavy atom. The van der Waals surface area contributed by atoms with Crippen LogP contribution in [0.2, 0.25) is 0 Å². The van der Waals surface area contributed by atoms with Crippen LogP contribution in [-0.4, -0.2) is 21.4 Å². The molecule has 0 aliphatic carbocycles. The molecule has 0 aliphatic rings. The molecule has 0 saturated heterocycles. The van der Waals surface area contributed by atoms with Crippen molar-refractivity contribution in [2.75, 3.05) is 10.6 Å². The van der Waals surface area contributed by atoms with Crippen LogP contribution in [0.5, 0.6) is 0 Å². The van der Waals surface area contributed by atoms with Gasteiger partial charge in [-0.15, -0.1) is 0 Å². The second-order valence-corrected chi connectivity index (χ2v) is 8.51. The standard InChI is InChI=1S/C28H28N4O3/c1-5-24(27(34)31-21-15-10-11-17(2)18(21)3)32-25-16-9-8-14-23(25)30-26(28(32)35)20-12-6-7-13-22(20)29-19(4)33/h6-16,24H,5H2,1-4H3,(H,29,33)(H,31,34)/t24-/m1/s1. The molecule has 0 radical (unpaired) electrons. The van der Waals surface area contributed by atoms with Gasteiger partial charge in [0.15, 0.2) is 0 Å². The number of aryl methyl sites for hydroxylation is 1. The highest BCUT2D eigenvalue weighted by Gasteiger charge is 2.25. The number of benzene rings is 3. The van der Waals surface area contributed by atoms with E-state index in [1.807, 2.05) is 57.2 Å². The van der Waals surface area contributed by atoms with Crippen molar-refractivity contribution >= 4 is 34.2 Å². The lowest BCUT2D eigenvalue weighted by Gasteiger charge is -2.22. The Kier molecular flexibility index (Phi) is 6.78. The number of rotatable bonds is 6. The van der Waals surface area contributed by atoms with Crippen LogP contribution in [0.3, 0.4) is 0 Å². The van der Waals surface area contributed by atoms with E-state index in [0.29, 0.717) is 28.7 Å². The first-order valence-corrected chi connectivity index (χ1v) is 11.6. The second kappa shape index (κ2) is 9.93. The predicted octanol–water partition coefficient (Wildman–Crippen LogP) is 5.23. The maximum atomic E-state index is 13.9. The average Bonchev–Trinajstić information content (AvgIpc) is 2.83. The number of carbonyl (C=O) groups is 2. The van der Waals surface area contributed by atoms with Crippen molar-refractivity contribution in [3.05, 3.63) is 88.2 Å². The summed E-state index contributed by atoms with van der Waals surface area (Å²) in [5.74, 6) is -0.529. The quantitative estimate of drug-likeness (QED) is 0.405. The molecule has 3 aromatic carbocycles. The van der Waals surface area contributed by atoms with E-state index in [2.05, 4.69) is 15.6 Å². The third kappa shape index (κ3) is 4.71. The Hall–Kier alpha value is -4.26. The first-order valence-electron chi connectivity index (χ1n) is 11.6. The highest BCUT2D eigenvalue weighted by molar-refractivity contribution is 5.96. The van der Waals surface area contributed by atoms with Crippen LogP contribution in [0.1, 0.15) is 37.4 Å². The summed E-state index contributed by atoms with van der Waals surface area (Å²) in [5.41, 5.74) is 4.67. The second-order valence-electron chi connectivity index (χ2n) is 8.51. The molecule has 0 aliphatic heterocycles. The highest BCUT2D eigenvalue weighted by atomic mass is 16.2. The molecule has 1 heterocycles. The molecule has 1 atom stereocenters. The van der Waals surface area contributed by atoms with E-state index in [1.165, 1.54) is 11.5 Å². The predicted molar refractivity (Wildman–Crippen MR) is 140 cm³/mol. The SMILES string of the molecule is CC[C@H](C(=O)Nc1cccc(C)c1C)n1c(=O)c(-c2ccccc2NC(C)=O)nc2ccccc21. The van der Waals surface area contributed by atoms with Gasteiger partial charge in [0.1, 0.15) is 11.7 Å². The normalized spacial score (nSPS) is 11.8. The molecular weight excluding hydrogens is 440 g/mol. The van der Waals surface area contributed by atoms with E-state index < -0.39 is 11.6 Å². The maximum Gasteiger partial charge on any atom is 0.278 e. The fraction of sp³-hybridized carbons (Fsp3) is 0.214. The van der Waals surface area contributed by atoms with Gasteiger partial charge in [0, 0.05) is 18.2 Å². The summed E-state index contributed by atoms with van der Waals surface area (Å²) in [6, 6.07) is 19.3. The fourth-order valence-electron chi connectivity index (χ4n) is 4.22. The zero-order valence-corrected chi connectivity index (χ0v) is 20.3. The highest BCUT2D eigenvalue weighted by Crippen LogP contribution is 2.28. The lowest BCUT2D eigenvalue weighted by molar-refractivity contribution is -0.119. The summed E-state index contributed by atoms with van der Waals surface area (Å²) < 4.78 is 1.52. The van der Waals surface area contributed by atoms with Crippen molar-refractivity contribution in [1.82, 2.24) is 9.55 Å². The molecule has 7 nitrogen and oxygen atoms in total. The van der Waals surface area contributed by atoms with Gasteiger partial charge in [-0.1, -0.05) is 49.4 Å². The number of fused-ring (bicyclic) bond motifs is 1. The van der Waals surface area contributed by atoms with Gasteiger partial charge in [0.2, 0.25) is 11.8 Å². The zero-order chi connectivity index (χ0) is 25.1. The summed E-state index contributed by atoms with van der Waals surface area (Å²) in [7, 11) is 0. The van der Waals surface area contributed by atoms with Crippen molar-refractivity contribution in [1.29, 1.82) is 0 Å². The molecule has 0 saturated carbocycles. The van der Waals surface area contributed by atoms with Crippen molar-refractivity contribution in [2.24, 2.45) is 0 Å². The number of nitrogens with one attached hydrogen (secondary N) is 2. The van der Waals surface area contributed by atoms with Crippen LogP contribution in [0.15, 0.2) is 71.5 Å². The summed E-state index contributed by atoms with van der Waals surface area (Å²) in [6.07, 6.45) is 0.400. The van der Waals surface area contributed by atoms with Crippen LogP contribution in [0.25, 0.3) is 22.3 Å². The van der Waals surface area contributed by atoms with E-state index in [9.17, 15) is 14.4 Å². The van der Waals surface area contributed by atoms with Crippen LogP contribution < -0.4 is 16.2 Å². The van der Waals surface area contributed by atoms with Crippen LogP contribution >= 0.6 is 0 Å². The first kappa shape index (κ1) is 23.9. The molecule has 0 fully saturated rings. The number of amides is 2. The molecule has 35 heavy (non-hydrogen) atoms. The van der Waals surface area contributed by atoms with Gasteiger partial charge >= 0.3 is 0 Å². The molecule has 4 rings (SSSR count). The minimum Gasteiger partial charge on any atom is -0.326 e. The number of nitrogens with zero attached hydrogens (tertiary/aromatic N) is 2. The molecule has 0 unspecified atom stereocenters. The number of anilines is 2. The molecule has 178 valence electrons. The number of carbonyl (C=O) groups excluding carboxylic acids is 2. The topological polar surface area (TPSA) is 93.1 Å². The maximum absolute atomic E-state index is 13.9. The van der Waals surface area contributed by atoms with Crippen molar-refractivity contribution in [2.45, 2.75) is 40.2 Å². The van der Waals surface area contributed by atoms with Crippen molar-refractivity contribution in [3.63, 3.8) is 0 Å². The fourth-order valence-corrected chi connectivity index (χ4v) is 4.22. The van der Waals surface area contributed by atoms with Gasteiger partial charge in [-0.25, -0.2) is 4.98 Å². The molecule has 1 aromatic heterocycles. The first-order chi connectivity index (χ1) is 16.8. The molecule has 0 spiro atoms. The lowest BCUT2D eigenvalue weighted by atomic mass is 10.1. The Morgan fingerprint density at radius 3 is 2.34 bits per heavy atom. The summed E-state index contributed by atoms with van der Waals surface area (Å²) in [6.45, 7) is 7.23. The summed E-state index contributed by atoms with van der Waals surface area (Å²) >= 11 is 0. The van der Waals surface area contributed by atoms with Gasteiger partial charge in [-0.2, -0.15) is 0 Å². The van der Waals surface area contributed by atoms with Gasteiger partial charge in [-0.05, 0) is 55.7 Å². The average molecular weight is 469 g/mol. The lowest BCUT2D eigenvalue weighted by Crippen LogP contribution is -2.35. The van der Waals surface area contributed by atoms with Crippen LogP contribution in [0.4, 0.5) is 11.4 Å². The largest absolute Gasteiger partial charge is 0.326 e. The van der Waals surface area contributed by atoms with E-state index >= 15 is 0 Å². The van der Waals surface area contributed by atoms with E-state index in [1.54, 1.807) is 30.3 Å². The molecule has 2 N–H and O–H groups in total. The zero-order valence-electron chi connectivity index (χ0n) is 20.3. The number of hydrogen-bond donors (Lipinski definition) is 2. The molecule has 2 amide bonds. The third-order valence-corrected chi connectivity index (χ3v) is 6.15. The van der Waals surface area contributed by atoms with Gasteiger partial charge in [0.05, 0.1) is 16.7 Å². The summed E-state index contributed by atoms with van der Waals surface area (Å²) in [4.78, 5) is 43.8. The molecular formula is C28H28N4O3. The minimum absolute atomic E-state index is 0.172. The Bertz CT molecular complexity index is 1490. The Morgan fingerprint density at radius 1 is 0.914 bits per heavy atom. The van der Waals surface area contributed by atoms with Gasteiger partial charge < -0.3 is 10.6 Å². The number of aromatic nitrogens is 2. The van der Waals surface area contributed by atoms with Gasteiger partial charge in [0.25, 0.3) is 5.56 Å². The molecule has 0 bridgehead atoms. The minimum atomic E-state index is -0.762. The van der Waals surface area contributed by atoms with Crippen LogP contribution in [0, 0.1) is 13.8 Å². The van der Waals surface area contributed by atoms with Crippen molar-refractivity contribution < 1.29 is 9.59 Å². The van der Waals surface area contributed by atoms with E-state index in [-0.39, 0.29) is 17.5 Å². The Balaban J connectivity index is 1.89. The third-order valence-electron chi connectivity index (χ3n) is 6.15. The number of para-hydroxylation sites is 3. The number of hydrogen-bond acceptors (Lipinski definition) is 4. The van der Waals surface area contributed by atoms with E-state index in [0.717, 1.165) is 16.8 Å². The van der Waals surface area contributed by atoms with E-state index in [4.69, 9.17) is 0 Å². The smallest absolute Gasteiger partial charge is 0.278 e. The molecule has 7 heteroatoms. The monoisotopic (exact) mass is 468 g/mol. The van der Waals surface area contributed by atoms with Crippen LogP contribution in [-0.2, 0) is 9.59 Å². The molecule has 4 aromatic rings. The van der Waals surface area contributed by atoms with Gasteiger partial charge in [-0.3, -0.25) is 19.0 Å². The van der Waals surface area contributed by atoms with Crippen molar-refractivity contribution in [3.8, 4) is 11.3 Å².